The summed E-state index contributed by atoms with van der Waals surface area (Å²) in [5.74, 6) is -1.77. The lowest BCUT2D eigenvalue weighted by molar-refractivity contribution is 0.0544. The highest BCUT2D eigenvalue weighted by molar-refractivity contribution is 6.31. The predicted octanol–water partition coefficient (Wildman–Crippen LogP) is 1.83. The first-order valence-electron chi connectivity index (χ1n) is 12.3. The number of nitrogen functional groups attached to an aromatic ring is 2. The Morgan fingerprint density at radius 2 is 1.48 bits per heavy atom. The van der Waals surface area contributed by atoms with Crippen LogP contribution in [0.2, 0.25) is 5.15 Å². The average molecular weight is 587 g/mol. The van der Waals surface area contributed by atoms with Crippen LogP contribution in [0, 0.1) is 5.41 Å². The molecular weight excluding hydrogens is 548 g/mol. The highest BCUT2D eigenvalue weighted by Gasteiger charge is 2.24. The number of rotatable bonds is 9. The number of aromatic nitrogens is 2. The van der Waals surface area contributed by atoms with Crippen LogP contribution in [0.4, 0.5) is 21.2 Å². The summed E-state index contributed by atoms with van der Waals surface area (Å²) >= 11 is 5.83. The van der Waals surface area contributed by atoms with Crippen LogP contribution < -0.4 is 27.8 Å². The molecule has 0 saturated carbocycles. The number of carbonyl (C=O) groups excluding carboxylic acids is 3. The molecular formula is C23H39ClN10O6. The lowest BCUT2D eigenvalue weighted by atomic mass is 10.2. The first kappa shape index (κ1) is 34.1. The van der Waals surface area contributed by atoms with Gasteiger partial charge < -0.3 is 31.4 Å². The molecule has 0 saturated heterocycles. The van der Waals surface area contributed by atoms with E-state index in [-0.39, 0.29) is 54.7 Å². The van der Waals surface area contributed by atoms with Crippen LogP contribution in [0.5, 0.6) is 0 Å². The van der Waals surface area contributed by atoms with E-state index in [1.165, 1.54) is 0 Å². The maximum absolute atomic E-state index is 12.7. The van der Waals surface area contributed by atoms with E-state index < -0.39 is 35.3 Å². The third-order valence-corrected chi connectivity index (χ3v) is 4.55. The summed E-state index contributed by atoms with van der Waals surface area (Å²) in [5, 5.41) is 12.3. The summed E-state index contributed by atoms with van der Waals surface area (Å²) in [7, 11) is 0. The fourth-order valence-electron chi connectivity index (χ4n) is 2.75. The number of halogens is 1. The number of hydrogen-bond acceptors (Lipinski definition) is 12. The van der Waals surface area contributed by atoms with Crippen molar-refractivity contribution < 1.29 is 28.6 Å². The molecule has 40 heavy (non-hydrogen) atoms. The molecule has 1 rings (SSSR count). The number of guanidine groups is 2. The summed E-state index contributed by atoms with van der Waals surface area (Å²) in [6.45, 7) is 10.9. The molecule has 1 heterocycles. The molecule has 0 spiro atoms. The zero-order chi connectivity index (χ0) is 30.7. The molecule has 1 aromatic heterocycles. The normalized spacial score (nSPS) is 11.3. The number of hydrogen-bond donors (Lipinski definition) is 6. The molecule has 3 amide bonds. The van der Waals surface area contributed by atoms with Crippen molar-refractivity contribution in [1.29, 1.82) is 5.41 Å². The van der Waals surface area contributed by atoms with Crippen LogP contribution in [-0.4, -0.2) is 82.4 Å². The van der Waals surface area contributed by atoms with Crippen molar-refractivity contribution in [3.05, 3.63) is 10.8 Å². The molecule has 0 fully saturated rings. The monoisotopic (exact) mass is 586 g/mol. The van der Waals surface area contributed by atoms with E-state index in [1.54, 1.807) is 41.5 Å². The third-order valence-electron chi connectivity index (χ3n) is 4.27. The highest BCUT2D eigenvalue weighted by atomic mass is 35.5. The summed E-state index contributed by atoms with van der Waals surface area (Å²) in [6, 6.07) is 0. The Hall–Kier alpha value is -3.92. The van der Waals surface area contributed by atoms with Crippen molar-refractivity contribution in [2.24, 2.45) is 10.7 Å². The largest absolute Gasteiger partial charge is 0.444 e. The van der Waals surface area contributed by atoms with Gasteiger partial charge in [-0.25, -0.2) is 19.6 Å². The van der Waals surface area contributed by atoms with Gasteiger partial charge in [0.05, 0.1) is 0 Å². The van der Waals surface area contributed by atoms with Gasteiger partial charge in [0.25, 0.3) is 5.91 Å². The Bertz CT molecular complexity index is 1070. The molecule has 224 valence electrons. The first-order valence-corrected chi connectivity index (χ1v) is 12.6. The SMILES string of the molecule is CC(C)(C)OC(=O)NC(=NCCCOCCCN(C(=N)N)C(=O)c1nc(Cl)c(N)nc1N)NC(=O)OC(C)(C)C. The topological polar surface area (TPSA) is 246 Å². The minimum atomic E-state index is -0.794. The molecule has 17 heteroatoms. The summed E-state index contributed by atoms with van der Waals surface area (Å²) in [5.41, 5.74) is 15.0. The van der Waals surface area contributed by atoms with Crippen LogP contribution in [0.25, 0.3) is 0 Å². The smallest absolute Gasteiger partial charge is 0.414 e. The molecule has 0 unspecified atom stereocenters. The molecule has 0 aliphatic heterocycles. The van der Waals surface area contributed by atoms with Crippen molar-refractivity contribution in [2.45, 2.75) is 65.6 Å². The number of anilines is 2. The van der Waals surface area contributed by atoms with Gasteiger partial charge in [-0.05, 0) is 54.4 Å². The molecule has 9 N–H and O–H groups in total. The fourth-order valence-corrected chi connectivity index (χ4v) is 2.88. The number of ether oxygens (including phenoxy) is 3. The molecule has 0 aliphatic rings. The Kier molecular flexibility index (Phi) is 12.8. The van der Waals surface area contributed by atoms with Crippen molar-refractivity contribution >= 4 is 53.2 Å². The van der Waals surface area contributed by atoms with Gasteiger partial charge in [-0.1, -0.05) is 11.6 Å². The van der Waals surface area contributed by atoms with Crippen molar-refractivity contribution in [3.63, 3.8) is 0 Å². The van der Waals surface area contributed by atoms with E-state index in [4.69, 9.17) is 48.4 Å². The fraction of sp³-hybridized carbons (Fsp3) is 0.609. The Balaban J connectivity index is 2.60. The van der Waals surface area contributed by atoms with E-state index in [1.807, 2.05) is 0 Å². The van der Waals surface area contributed by atoms with Crippen LogP contribution >= 0.6 is 11.6 Å². The van der Waals surface area contributed by atoms with Crippen molar-refractivity contribution in [2.75, 3.05) is 37.8 Å². The molecule has 0 aliphatic carbocycles. The van der Waals surface area contributed by atoms with Gasteiger partial charge in [-0.15, -0.1) is 0 Å². The second-order valence-corrected chi connectivity index (χ2v) is 10.6. The second-order valence-electron chi connectivity index (χ2n) is 10.3. The minimum Gasteiger partial charge on any atom is -0.444 e. The van der Waals surface area contributed by atoms with E-state index >= 15 is 0 Å². The number of aliphatic imine (C=N–C) groups is 1. The van der Waals surface area contributed by atoms with Gasteiger partial charge in [-0.2, -0.15) is 0 Å². The number of carbonyl (C=O) groups is 3. The average Bonchev–Trinajstić information content (AvgIpc) is 2.77. The van der Waals surface area contributed by atoms with Crippen LogP contribution in [0.1, 0.15) is 64.9 Å². The van der Waals surface area contributed by atoms with Gasteiger partial charge in [0.2, 0.25) is 5.96 Å². The van der Waals surface area contributed by atoms with Gasteiger partial charge in [-0.3, -0.25) is 30.7 Å². The Morgan fingerprint density at radius 3 is 1.98 bits per heavy atom. The van der Waals surface area contributed by atoms with E-state index in [9.17, 15) is 14.4 Å². The van der Waals surface area contributed by atoms with E-state index in [0.29, 0.717) is 12.8 Å². The summed E-state index contributed by atoms with van der Waals surface area (Å²) in [6.07, 6.45) is -0.828. The number of alkyl carbamates (subject to hydrolysis) is 2. The second kappa shape index (κ2) is 15.0. The summed E-state index contributed by atoms with van der Waals surface area (Å²) < 4.78 is 15.9. The maximum atomic E-state index is 12.7. The van der Waals surface area contributed by atoms with Crippen LogP contribution in [0.3, 0.4) is 0 Å². The van der Waals surface area contributed by atoms with Gasteiger partial charge in [0, 0.05) is 26.3 Å². The molecule has 1 aromatic rings. The Labute approximate surface area is 237 Å². The van der Waals surface area contributed by atoms with Crippen molar-refractivity contribution in [1.82, 2.24) is 25.5 Å². The van der Waals surface area contributed by atoms with Gasteiger partial charge in [0.15, 0.2) is 28.4 Å². The summed E-state index contributed by atoms with van der Waals surface area (Å²) in [4.78, 5) is 49.7. The molecule has 0 radical (unpaired) electrons. The lowest BCUT2D eigenvalue weighted by Crippen LogP contribution is -2.47. The number of nitrogens with one attached hydrogen (secondary N) is 3. The number of amides is 3. The minimum absolute atomic E-state index is 0.0409. The quantitative estimate of drug-likeness (QED) is 0.138. The molecule has 16 nitrogen and oxygen atoms in total. The predicted molar refractivity (Wildman–Crippen MR) is 150 cm³/mol. The zero-order valence-corrected chi connectivity index (χ0v) is 24.3. The van der Waals surface area contributed by atoms with E-state index in [0.717, 1.165) is 4.90 Å². The van der Waals surface area contributed by atoms with E-state index in [2.05, 4.69) is 25.6 Å². The van der Waals surface area contributed by atoms with Crippen LogP contribution in [0.15, 0.2) is 4.99 Å². The number of nitrogens with two attached hydrogens (primary N) is 3. The van der Waals surface area contributed by atoms with Gasteiger partial charge in [0.1, 0.15) is 11.2 Å². The standard InChI is InChI=1S/C23H39ClN10O6/c1-22(2,3)39-20(36)32-19(33-21(37)40-23(4,5)6)29-9-7-11-38-12-8-10-34(18(27)28)17(35)13-15(25)31-16(26)14(24)30-13/h7-12H2,1-6H3,(H3,27,28)(H4,25,26,31)(H2,29,32,33,36,37). The Morgan fingerprint density at radius 1 is 0.950 bits per heavy atom. The molecule has 0 aromatic carbocycles. The third kappa shape index (κ3) is 13.2. The zero-order valence-electron chi connectivity index (χ0n) is 23.6. The lowest BCUT2D eigenvalue weighted by Gasteiger charge is -2.22. The first-order chi connectivity index (χ1) is 18.4. The van der Waals surface area contributed by atoms with Gasteiger partial charge >= 0.3 is 12.2 Å². The van der Waals surface area contributed by atoms with Crippen molar-refractivity contribution in [3.8, 4) is 0 Å². The highest BCUT2D eigenvalue weighted by Crippen LogP contribution is 2.19. The molecule has 0 atom stereocenters. The maximum Gasteiger partial charge on any atom is 0.414 e. The molecule has 0 bridgehead atoms. The number of nitrogens with zero attached hydrogens (tertiary/aromatic N) is 4. The van der Waals surface area contributed by atoms with Crippen LogP contribution in [-0.2, 0) is 14.2 Å².